The molecule has 0 aliphatic carbocycles. The zero-order valence-electron chi connectivity index (χ0n) is 4.44. The van der Waals surface area contributed by atoms with Crippen LogP contribution >= 0.6 is 57.7 Å². The van der Waals surface area contributed by atoms with Crippen LogP contribution in [0.15, 0.2) is 0 Å². The summed E-state index contributed by atoms with van der Waals surface area (Å²) < 4.78 is 0.353. The Morgan fingerprint density at radius 3 is 2.10 bits per heavy atom. The van der Waals surface area contributed by atoms with E-state index in [1.54, 1.807) is 0 Å². The van der Waals surface area contributed by atoms with Crippen molar-refractivity contribution < 1.29 is 0 Å². The summed E-state index contributed by atoms with van der Waals surface area (Å²) in [7, 11) is 0. The quantitative estimate of drug-likeness (QED) is 0.674. The molecule has 56 valence electrons. The molecule has 0 unspecified atom stereocenters. The zero-order chi connectivity index (χ0) is 7.72. The molecule has 0 amide bonds. The highest BCUT2D eigenvalue weighted by Crippen LogP contribution is 2.37. The van der Waals surface area contributed by atoms with E-state index in [4.69, 9.17) is 46.4 Å². The Hall–Kier alpha value is 0.790. The summed E-state index contributed by atoms with van der Waals surface area (Å²) in [6.07, 6.45) is 0. The van der Waals surface area contributed by atoms with Gasteiger partial charge in [0.1, 0.15) is 9.99 Å². The van der Waals surface area contributed by atoms with Crippen molar-refractivity contribution in [3.63, 3.8) is 0 Å². The van der Waals surface area contributed by atoms with Gasteiger partial charge in [0.05, 0.1) is 4.88 Å². The fourth-order valence-corrected chi connectivity index (χ4v) is 2.28. The molecule has 0 saturated heterocycles. The van der Waals surface area contributed by atoms with Crippen LogP contribution in [0.3, 0.4) is 0 Å². The molecule has 0 spiro atoms. The summed E-state index contributed by atoms with van der Waals surface area (Å²) in [4.78, 5) is 3.66. The zero-order valence-corrected chi connectivity index (χ0v) is 8.28. The van der Waals surface area contributed by atoms with Crippen LogP contribution in [0.25, 0.3) is 0 Å². The van der Waals surface area contributed by atoms with E-state index >= 15 is 0 Å². The molecule has 0 fully saturated rings. The number of rotatable bonds is 1. The number of hydrogen-bond donors (Lipinski definition) is 0. The van der Waals surface area contributed by atoms with E-state index in [1.807, 2.05) is 0 Å². The minimum Gasteiger partial charge on any atom is -0.213 e. The monoisotopic (exact) mass is 235 g/mol. The van der Waals surface area contributed by atoms with E-state index in [0.717, 1.165) is 0 Å². The summed E-state index contributed by atoms with van der Waals surface area (Å²) in [5.41, 5.74) is 0. The van der Waals surface area contributed by atoms with E-state index in [-0.39, 0.29) is 5.15 Å². The van der Waals surface area contributed by atoms with Crippen molar-refractivity contribution in [3.8, 4) is 0 Å². The summed E-state index contributed by atoms with van der Waals surface area (Å²) in [6.45, 7) is 0. The molecular formula is C4HCl4NS. The molecule has 0 radical (unpaired) electrons. The van der Waals surface area contributed by atoms with Gasteiger partial charge >= 0.3 is 0 Å². The third kappa shape index (κ3) is 1.89. The van der Waals surface area contributed by atoms with Crippen molar-refractivity contribution in [2.45, 2.75) is 4.84 Å². The lowest BCUT2D eigenvalue weighted by Crippen LogP contribution is -1.73. The topological polar surface area (TPSA) is 12.9 Å². The van der Waals surface area contributed by atoms with Crippen LogP contribution in [0, 0.1) is 0 Å². The molecule has 0 aliphatic heterocycles. The Kier molecular flexibility index (Phi) is 3.07. The van der Waals surface area contributed by atoms with Gasteiger partial charge in [-0.05, 0) is 0 Å². The smallest absolute Gasteiger partial charge is 0.185 e. The van der Waals surface area contributed by atoms with Crippen LogP contribution in [-0.4, -0.2) is 4.98 Å². The molecule has 0 N–H and O–H groups in total. The van der Waals surface area contributed by atoms with E-state index in [2.05, 4.69) is 4.98 Å². The fourth-order valence-electron chi connectivity index (χ4n) is 0.423. The standard InChI is InChI=1S/C4HCl4NS/c5-2(6)1-3(7)9-4(8)10-1/h2H. The lowest BCUT2D eigenvalue weighted by atomic mass is 10.6. The highest BCUT2D eigenvalue weighted by Gasteiger charge is 2.13. The van der Waals surface area contributed by atoms with Gasteiger partial charge in [0.15, 0.2) is 4.47 Å². The van der Waals surface area contributed by atoms with E-state index in [9.17, 15) is 0 Å². The van der Waals surface area contributed by atoms with Gasteiger partial charge in [0, 0.05) is 0 Å². The summed E-state index contributed by atoms with van der Waals surface area (Å²) >= 11 is 23.3. The van der Waals surface area contributed by atoms with Gasteiger partial charge in [-0.3, -0.25) is 0 Å². The Labute approximate surface area is 81.9 Å². The van der Waals surface area contributed by atoms with Gasteiger partial charge in [-0.25, -0.2) is 4.98 Å². The summed E-state index contributed by atoms with van der Waals surface area (Å²) in [6, 6.07) is 0. The van der Waals surface area contributed by atoms with Gasteiger partial charge in [-0.1, -0.05) is 46.4 Å². The number of halogens is 4. The molecular weight excluding hydrogens is 236 g/mol. The lowest BCUT2D eigenvalue weighted by molar-refractivity contribution is 1.34. The third-order valence-electron chi connectivity index (χ3n) is 0.782. The molecule has 1 heterocycles. The average Bonchev–Trinajstić information content (AvgIpc) is 2.10. The van der Waals surface area contributed by atoms with Crippen LogP contribution in [0.2, 0.25) is 9.62 Å². The maximum atomic E-state index is 5.59. The second-order valence-electron chi connectivity index (χ2n) is 1.42. The van der Waals surface area contributed by atoms with Crippen LogP contribution in [0.1, 0.15) is 9.71 Å². The van der Waals surface area contributed by atoms with E-state index in [1.165, 1.54) is 11.3 Å². The molecule has 0 saturated carbocycles. The van der Waals surface area contributed by atoms with Crippen molar-refractivity contribution in [3.05, 3.63) is 14.5 Å². The van der Waals surface area contributed by atoms with Gasteiger partial charge in [-0.15, -0.1) is 11.3 Å². The SMILES string of the molecule is Clc1nc(Cl)c(C(Cl)Cl)s1. The Bertz CT molecular complexity index is 233. The number of nitrogens with zero attached hydrogens (tertiary/aromatic N) is 1. The normalized spacial score (nSPS) is 10.9. The first kappa shape index (κ1) is 8.88. The third-order valence-corrected chi connectivity index (χ3v) is 3.10. The molecule has 6 heteroatoms. The molecule has 1 rings (SSSR count). The van der Waals surface area contributed by atoms with Gasteiger partial charge in [-0.2, -0.15) is 0 Å². The van der Waals surface area contributed by atoms with Crippen molar-refractivity contribution in [1.82, 2.24) is 4.98 Å². The predicted molar refractivity (Wildman–Crippen MR) is 46.6 cm³/mol. The fraction of sp³-hybridized carbons (Fsp3) is 0.250. The number of hydrogen-bond acceptors (Lipinski definition) is 2. The van der Waals surface area contributed by atoms with Crippen LogP contribution < -0.4 is 0 Å². The largest absolute Gasteiger partial charge is 0.213 e. The van der Waals surface area contributed by atoms with Gasteiger partial charge in [0.25, 0.3) is 0 Å². The van der Waals surface area contributed by atoms with Crippen molar-refractivity contribution in [2.24, 2.45) is 0 Å². The summed E-state index contributed by atoms with van der Waals surface area (Å²) in [5, 5.41) is 0.282. The average molecular weight is 237 g/mol. The molecule has 0 bridgehead atoms. The molecule has 10 heavy (non-hydrogen) atoms. The maximum absolute atomic E-state index is 5.59. The first-order valence-corrected chi connectivity index (χ1v) is 4.65. The van der Waals surface area contributed by atoms with Crippen LogP contribution in [0.4, 0.5) is 0 Å². The minimum absolute atomic E-state index is 0.282. The molecule has 1 aromatic rings. The highest BCUT2D eigenvalue weighted by atomic mass is 35.5. The second-order valence-corrected chi connectivity index (χ2v) is 4.49. The molecule has 0 aromatic carbocycles. The van der Waals surface area contributed by atoms with Crippen molar-refractivity contribution in [1.29, 1.82) is 0 Å². The molecule has 0 aliphatic rings. The molecule has 0 atom stereocenters. The van der Waals surface area contributed by atoms with Crippen LogP contribution in [-0.2, 0) is 0 Å². The van der Waals surface area contributed by atoms with E-state index < -0.39 is 4.84 Å². The molecule has 1 nitrogen and oxygen atoms in total. The first-order valence-electron chi connectivity index (χ1n) is 2.21. The summed E-state index contributed by atoms with van der Waals surface area (Å²) in [5.74, 6) is 0. The van der Waals surface area contributed by atoms with Gasteiger partial charge in [0.2, 0.25) is 0 Å². The van der Waals surface area contributed by atoms with Crippen molar-refractivity contribution in [2.75, 3.05) is 0 Å². The minimum atomic E-state index is -0.641. The predicted octanol–water partition coefficient (Wildman–Crippen LogP) is 3.93. The number of alkyl halides is 2. The Morgan fingerprint density at radius 1 is 1.30 bits per heavy atom. The number of thiazole rings is 1. The van der Waals surface area contributed by atoms with Crippen molar-refractivity contribution >= 4 is 57.7 Å². The number of aromatic nitrogens is 1. The lowest BCUT2D eigenvalue weighted by Gasteiger charge is -1.92. The highest BCUT2D eigenvalue weighted by molar-refractivity contribution is 7.16. The van der Waals surface area contributed by atoms with E-state index in [0.29, 0.717) is 9.34 Å². The Balaban J connectivity index is 3.03. The molecule has 1 aromatic heterocycles. The Morgan fingerprint density at radius 2 is 1.90 bits per heavy atom. The van der Waals surface area contributed by atoms with Gasteiger partial charge < -0.3 is 0 Å². The first-order chi connectivity index (χ1) is 4.61. The maximum Gasteiger partial charge on any atom is 0.185 e. The second kappa shape index (κ2) is 3.46. The van der Waals surface area contributed by atoms with Crippen LogP contribution in [0.5, 0.6) is 0 Å².